The van der Waals surface area contributed by atoms with Gasteiger partial charge in [0.25, 0.3) is 0 Å². The van der Waals surface area contributed by atoms with Crippen LogP contribution in [0.5, 0.6) is 5.75 Å². The van der Waals surface area contributed by atoms with Crippen molar-refractivity contribution in [3.8, 4) is 5.75 Å². The Morgan fingerprint density at radius 1 is 1.34 bits per heavy atom. The number of rotatable bonds is 5. The molecular formula is C20H18BrFN4O2S. The van der Waals surface area contributed by atoms with Crippen LogP contribution in [0.2, 0.25) is 0 Å². The van der Waals surface area contributed by atoms with E-state index in [1.54, 1.807) is 6.07 Å². The molecule has 0 radical (unpaired) electrons. The van der Waals surface area contributed by atoms with Gasteiger partial charge in [-0.2, -0.15) is 0 Å². The molecule has 0 amide bonds. The van der Waals surface area contributed by atoms with Crippen molar-refractivity contribution in [2.24, 2.45) is 5.92 Å². The lowest BCUT2D eigenvalue weighted by atomic mass is 10.0. The molecule has 0 spiro atoms. The van der Waals surface area contributed by atoms with Gasteiger partial charge in [-0.05, 0) is 31.2 Å². The number of ether oxygens (including phenoxy) is 2. The Labute approximate surface area is 179 Å². The molecule has 2 aromatic carbocycles. The zero-order valence-corrected chi connectivity index (χ0v) is 17.9. The van der Waals surface area contributed by atoms with E-state index in [0.29, 0.717) is 58.1 Å². The second-order valence-corrected chi connectivity index (χ2v) is 8.94. The first-order chi connectivity index (χ1) is 14.1. The van der Waals surface area contributed by atoms with Gasteiger partial charge in [0.05, 0.1) is 46.3 Å². The molecule has 1 unspecified atom stereocenters. The van der Waals surface area contributed by atoms with Gasteiger partial charge in [-0.25, -0.2) is 14.4 Å². The molecule has 2 N–H and O–H groups in total. The number of nitrogens with zero attached hydrogens (tertiary/aromatic N) is 2. The summed E-state index contributed by atoms with van der Waals surface area (Å²) < 4.78 is 27.4. The Morgan fingerprint density at radius 3 is 3.00 bits per heavy atom. The van der Waals surface area contributed by atoms with Crippen LogP contribution in [0, 0.1) is 11.7 Å². The highest BCUT2D eigenvalue weighted by Gasteiger charge is 2.28. The maximum atomic E-state index is 15.0. The van der Waals surface area contributed by atoms with Crippen LogP contribution >= 0.6 is 27.7 Å². The van der Waals surface area contributed by atoms with Crippen molar-refractivity contribution in [3.05, 3.63) is 40.9 Å². The zero-order valence-electron chi connectivity index (χ0n) is 15.5. The van der Waals surface area contributed by atoms with Gasteiger partial charge in [0.2, 0.25) is 0 Å². The first-order valence-electron chi connectivity index (χ1n) is 9.25. The van der Waals surface area contributed by atoms with E-state index in [9.17, 15) is 4.39 Å². The van der Waals surface area contributed by atoms with E-state index in [4.69, 9.17) is 9.47 Å². The summed E-state index contributed by atoms with van der Waals surface area (Å²) >= 11 is 4.97. The van der Waals surface area contributed by atoms with Crippen LogP contribution in [0.3, 0.4) is 0 Å². The summed E-state index contributed by atoms with van der Waals surface area (Å²) in [5.41, 5.74) is 1.89. The molecule has 3 aromatic rings. The minimum atomic E-state index is -0.288. The Morgan fingerprint density at radius 2 is 2.21 bits per heavy atom. The summed E-state index contributed by atoms with van der Waals surface area (Å²) in [4.78, 5) is 9.38. The molecule has 6 nitrogen and oxygen atoms in total. The van der Waals surface area contributed by atoms with Crippen LogP contribution in [-0.2, 0) is 4.74 Å². The van der Waals surface area contributed by atoms with Crippen LogP contribution in [-0.4, -0.2) is 35.2 Å². The van der Waals surface area contributed by atoms with Crippen LogP contribution in [0.1, 0.15) is 6.92 Å². The fourth-order valence-electron chi connectivity index (χ4n) is 3.38. The number of thioether (sulfide) groups is 1. The third kappa shape index (κ3) is 3.51. The van der Waals surface area contributed by atoms with Gasteiger partial charge in [0, 0.05) is 10.4 Å². The molecule has 2 aliphatic rings. The predicted molar refractivity (Wildman–Crippen MR) is 116 cm³/mol. The van der Waals surface area contributed by atoms with Gasteiger partial charge in [0.1, 0.15) is 24.0 Å². The summed E-state index contributed by atoms with van der Waals surface area (Å²) in [6.45, 7) is 3.42. The molecule has 2 aliphatic heterocycles. The first kappa shape index (κ1) is 18.9. The highest BCUT2D eigenvalue weighted by Crippen LogP contribution is 2.41. The second kappa shape index (κ2) is 7.62. The molecule has 29 heavy (non-hydrogen) atoms. The van der Waals surface area contributed by atoms with Crippen molar-refractivity contribution in [1.82, 2.24) is 9.97 Å². The van der Waals surface area contributed by atoms with Crippen LogP contribution in [0.4, 0.5) is 21.6 Å². The van der Waals surface area contributed by atoms with Gasteiger partial charge in [0.15, 0.2) is 5.82 Å². The van der Waals surface area contributed by atoms with E-state index >= 15 is 0 Å². The van der Waals surface area contributed by atoms with Crippen LogP contribution in [0.25, 0.3) is 10.9 Å². The Hall–Kier alpha value is -2.10. The van der Waals surface area contributed by atoms with Crippen molar-refractivity contribution in [1.29, 1.82) is 0 Å². The molecule has 1 aromatic heterocycles. The van der Waals surface area contributed by atoms with Crippen molar-refractivity contribution in [3.63, 3.8) is 0 Å². The lowest BCUT2D eigenvalue weighted by Crippen LogP contribution is -2.39. The normalized spacial score (nSPS) is 16.8. The van der Waals surface area contributed by atoms with Crippen molar-refractivity contribution >= 4 is 55.8 Å². The van der Waals surface area contributed by atoms with E-state index in [2.05, 4.69) is 36.5 Å². The van der Waals surface area contributed by atoms with E-state index in [1.165, 1.54) is 18.1 Å². The first-order valence-corrected chi connectivity index (χ1v) is 11.0. The number of hydrogen-bond donors (Lipinski definition) is 2. The van der Waals surface area contributed by atoms with E-state index in [1.807, 2.05) is 25.1 Å². The van der Waals surface area contributed by atoms with E-state index in [-0.39, 0.29) is 11.9 Å². The molecule has 9 heteroatoms. The van der Waals surface area contributed by atoms with Crippen molar-refractivity contribution < 1.29 is 13.9 Å². The third-order valence-corrected chi connectivity index (χ3v) is 6.57. The monoisotopic (exact) mass is 476 g/mol. The molecule has 0 bridgehead atoms. The van der Waals surface area contributed by atoms with E-state index in [0.717, 1.165) is 10.2 Å². The number of nitrogens with one attached hydrogen (secondary N) is 2. The third-order valence-electron chi connectivity index (χ3n) is 5.14. The quantitative estimate of drug-likeness (QED) is 0.526. The highest BCUT2D eigenvalue weighted by molar-refractivity contribution is 9.10. The molecule has 1 saturated heterocycles. The fraction of sp³-hybridized carbons (Fsp3) is 0.300. The molecule has 0 saturated carbocycles. The lowest BCUT2D eigenvalue weighted by Gasteiger charge is -2.32. The number of benzene rings is 2. The van der Waals surface area contributed by atoms with Crippen LogP contribution in [0.15, 0.2) is 40.0 Å². The number of aromatic nitrogens is 2. The van der Waals surface area contributed by atoms with Gasteiger partial charge in [-0.3, -0.25) is 0 Å². The summed E-state index contributed by atoms with van der Waals surface area (Å²) in [6, 6.07) is 7.38. The number of halogens is 2. The summed E-state index contributed by atoms with van der Waals surface area (Å²) in [6.07, 6.45) is 1.44. The minimum Gasteiger partial charge on any atom is -0.489 e. The number of fused-ring (bicyclic) bond motifs is 2. The zero-order chi connectivity index (χ0) is 20.0. The Balaban J connectivity index is 1.55. The highest BCUT2D eigenvalue weighted by atomic mass is 79.9. The topological polar surface area (TPSA) is 68.3 Å². The molecule has 5 rings (SSSR count). The largest absolute Gasteiger partial charge is 0.489 e. The lowest BCUT2D eigenvalue weighted by molar-refractivity contribution is -0.0773. The smallest absolute Gasteiger partial charge is 0.162 e. The minimum absolute atomic E-state index is 0.0199. The average molecular weight is 477 g/mol. The number of hydrogen-bond acceptors (Lipinski definition) is 7. The predicted octanol–water partition coefficient (Wildman–Crippen LogP) is 5.16. The Kier molecular flexibility index (Phi) is 4.97. The standard InChI is InChI=1S/C20H18BrFN4O2S/c1-10(11-6-27-7-11)28-16-5-12(21)4-15-17(16)20(24-8-23-15)26-13-2-3-14-19(18(13)22)29-9-25-14/h2-5,8,10-11,25H,6-7,9H2,1H3,(H,23,24,26). The summed E-state index contributed by atoms with van der Waals surface area (Å²) in [5, 5.41) is 7.02. The Bertz CT molecular complexity index is 1100. The average Bonchev–Trinajstić information content (AvgIpc) is 3.12. The molecule has 150 valence electrons. The SMILES string of the molecule is CC(Oc1cc(Br)cc2ncnc(Nc3ccc4c(c3F)SCN4)c12)C1COC1. The number of anilines is 3. The summed E-state index contributed by atoms with van der Waals surface area (Å²) in [7, 11) is 0. The molecule has 1 atom stereocenters. The molecular weight excluding hydrogens is 459 g/mol. The van der Waals surface area contributed by atoms with Gasteiger partial charge < -0.3 is 20.1 Å². The fourth-order valence-corrected chi connectivity index (χ4v) is 4.71. The second-order valence-electron chi connectivity index (χ2n) is 7.04. The molecule has 0 aliphatic carbocycles. The van der Waals surface area contributed by atoms with Crippen molar-refractivity contribution in [2.75, 3.05) is 29.7 Å². The van der Waals surface area contributed by atoms with Crippen LogP contribution < -0.4 is 15.4 Å². The van der Waals surface area contributed by atoms with Gasteiger partial charge in [-0.1, -0.05) is 27.7 Å². The maximum absolute atomic E-state index is 15.0. The van der Waals surface area contributed by atoms with E-state index < -0.39 is 0 Å². The van der Waals surface area contributed by atoms with Crippen molar-refractivity contribution in [2.45, 2.75) is 17.9 Å². The maximum Gasteiger partial charge on any atom is 0.162 e. The van der Waals surface area contributed by atoms with Gasteiger partial charge >= 0.3 is 0 Å². The summed E-state index contributed by atoms with van der Waals surface area (Å²) in [5.74, 6) is 1.88. The van der Waals surface area contributed by atoms with Gasteiger partial charge in [-0.15, -0.1) is 0 Å². The molecule has 1 fully saturated rings. The molecule has 3 heterocycles.